The highest BCUT2D eigenvalue weighted by Gasteiger charge is 2.25. The van der Waals surface area contributed by atoms with Crippen molar-refractivity contribution in [2.75, 3.05) is 29.4 Å². The van der Waals surface area contributed by atoms with Crippen LogP contribution >= 0.6 is 0 Å². The molecule has 0 spiro atoms. The zero-order chi connectivity index (χ0) is 17.8. The molecule has 0 radical (unpaired) electrons. The largest absolute Gasteiger partial charge is 0.472 e. The van der Waals surface area contributed by atoms with Crippen LogP contribution in [0.4, 0.5) is 11.4 Å². The summed E-state index contributed by atoms with van der Waals surface area (Å²) in [6, 6.07) is 20.4. The van der Waals surface area contributed by atoms with Crippen LogP contribution in [0.2, 0.25) is 0 Å². The van der Waals surface area contributed by atoms with E-state index < -0.39 is 0 Å². The quantitative estimate of drug-likeness (QED) is 0.703. The molecule has 132 valence electrons. The third-order valence-electron chi connectivity index (χ3n) is 4.85. The summed E-state index contributed by atoms with van der Waals surface area (Å²) in [5, 5.41) is 0. The summed E-state index contributed by atoms with van der Waals surface area (Å²) >= 11 is 0. The number of rotatable bonds is 4. The molecule has 4 rings (SSSR count). The molecular weight excluding hydrogens is 324 g/mol. The summed E-state index contributed by atoms with van der Waals surface area (Å²) < 4.78 is 5.10. The summed E-state index contributed by atoms with van der Waals surface area (Å²) in [7, 11) is 0. The van der Waals surface area contributed by atoms with Gasteiger partial charge in [0.2, 0.25) is 0 Å². The summed E-state index contributed by atoms with van der Waals surface area (Å²) in [4.78, 5) is 17.2. The average Bonchev–Trinajstić information content (AvgIpc) is 3.16. The summed E-state index contributed by atoms with van der Waals surface area (Å²) in [5.74, 6) is -0.00360. The average molecular weight is 346 g/mol. The van der Waals surface area contributed by atoms with Crippen LogP contribution in [0.3, 0.4) is 0 Å². The van der Waals surface area contributed by atoms with Crippen molar-refractivity contribution in [1.29, 1.82) is 0 Å². The van der Waals surface area contributed by atoms with Crippen LogP contribution in [0.5, 0.6) is 0 Å². The lowest BCUT2D eigenvalue weighted by Gasteiger charge is -2.26. The van der Waals surface area contributed by atoms with E-state index in [0.29, 0.717) is 12.1 Å². The SMILES string of the molecule is O=C(c1ccoc1)N1CCCN(CCc2ccccc2)c2ccccc21. The Balaban J connectivity index is 1.59. The first-order valence-corrected chi connectivity index (χ1v) is 9.05. The molecule has 0 atom stereocenters. The Labute approximate surface area is 153 Å². The molecule has 4 nitrogen and oxygen atoms in total. The smallest absolute Gasteiger partial charge is 0.261 e. The molecule has 0 N–H and O–H groups in total. The van der Waals surface area contributed by atoms with Gasteiger partial charge in [-0.15, -0.1) is 0 Å². The lowest BCUT2D eigenvalue weighted by molar-refractivity contribution is 0.0986. The van der Waals surface area contributed by atoms with Gasteiger partial charge in [0.25, 0.3) is 5.91 Å². The number of carbonyl (C=O) groups is 1. The number of fused-ring (bicyclic) bond motifs is 1. The van der Waals surface area contributed by atoms with E-state index in [4.69, 9.17) is 4.42 Å². The molecule has 0 aliphatic carbocycles. The van der Waals surface area contributed by atoms with E-state index in [-0.39, 0.29) is 5.91 Å². The zero-order valence-electron chi connectivity index (χ0n) is 14.7. The molecule has 2 heterocycles. The van der Waals surface area contributed by atoms with Crippen molar-refractivity contribution in [3.05, 3.63) is 84.3 Å². The standard InChI is InChI=1S/C22H22N2O2/c25-22(19-12-16-26-17-19)24-14-6-13-23(20-9-4-5-10-21(20)24)15-11-18-7-2-1-3-8-18/h1-5,7-10,12,16-17H,6,11,13-15H2. The fourth-order valence-corrected chi connectivity index (χ4v) is 3.51. The highest BCUT2D eigenvalue weighted by molar-refractivity contribution is 6.07. The second kappa shape index (κ2) is 7.48. The molecule has 4 heteroatoms. The van der Waals surface area contributed by atoms with Gasteiger partial charge in [0, 0.05) is 19.6 Å². The molecule has 0 bridgehead atoms. The number of furan rings is 1. The van der Waals surface area contributed by atoms with Gasteiger partial charge in [0.1, 0.15) is 6.26 Å². The molecule has 26 heavy (non-hydrogen) atoms. The first-order valence-electron chi connectivity index (χ1n) is 9.05. The number of carbonyl (C=O) groups excluding carboxylic acids is 1. The minimum Gasteiger partial charge on any atom is -0.472 e. The fraction of sp³-hybridized carbons (Fsp3) is 0.227. The van der Waals surface area contributed by atoms with Crippen molar-refractivity contribution in [3.8, 4) is 0 Å². The molecule has 1 aliphatic heterocycles. The Hall–Kier alpha value is -3.01. The number of anilines is 2. The van der Waals surface area contributed by atoms with E-state index >= 15 is 0 Å². The molecule has 3 aromatic rings. The van der Waals surface area contributed by atoms with Crippen LogP contribution < -0.4 is 9.80 Å². The Morgan fingerprint density at radius 2 is 1.69 bits per heavy atom. The third kappa shape index (κ3) is 3.36. The molecule has 2 aromatic carbocycles. The monoisotopic (exact) mass is 346 g/mol. The molecule has 0 unspecified atom stereocenters. The Bertz CT molecular complexity index is 859. The number of amides is 1. The van der Waals surface area contributed by atoms with Crippen LogP contribution in [0.25, 0.3) is 0 Å². The van der Waals surface area contributed by atoms with E-state index in [9.17, 15) is 4.79 Å². The maximum Gasteiger partial charge on any atom is 0.261 e. The van der Waals surface area contributed by atoms with Gasteiger partial charge in [0.15, 0.2) is 0 Å². The molecule has 0 fully saturated rings. The highest BCUT2D eigenvalue weighted by Crippen LogP contribution is 2.33. The molecular formula is C22H22N2O2. The van der Waals surface area contributed by atoms with Gasteiger partial charge in [-0.25, -0.2) is 0 Å². The molecule has 1 amide bonds. The normalized spacial score (nSPS) is 14.0. The minimum atomic E-state index is -0.00360. The van der Waals surface area contributed by atoms with Gasteiger partial charge < -0.3 is 14.2 Å². The van der Waals surface area contributed by atoms with Crippen LogP contribution in [-0.2, 0) is 6.42 Å². The molecule has 1 aromatic heterocycles. The van der Waals surface area contributed by atoms with Crippen LogP contribution in [0.15, 0.2) is 77.6 Å². The van der Waals surface area contributed by atoms with Gasteiger partial charge in [-0.3, -0.25) is 4.79 Å². The zero-order valence-corrected chi connectivity index (χ0v) is 14.7. The van der Waals surface area contributed by atoms with Gasteiger partial charge in [-0.1, -0.05) is 42.5 Å². The van der Waals surface area contributed by atoms with Crippen molar-refractivity contribution in [2.45, 2.75) is 12.8 Å². The number of hydrogen-bond donors (Lipinski definition) is 0. The van der Waals surface area contributed by atoms with Crippen molar-refractivity contribution in [1.82, 2.24) is 0 Å². The predicted octanol–water partition coefficient (Wildman–Crippen LogP) is 4.38. The van der Waals surface area contributed by atoms with Crippen LogP contribution in [-0.4, -0.2) is 25.5 Å². The maximum atomic E-state index is 12.9. The molecule has 1 aliphatic rings. The lowest BCUT2D eigenvalue weighted by Crippen LogP contribution is -2.31. The second-order valence-corrected chi connectivity index (χ2v) is 6.53. The van der Waals surface area contributed by atoms with Crippen molar-refractivity contribution in [2.24, 2.45) is 0 Å². The van der Waals surface area contributed by atoms with E-state index in [0.717, 1.165) is 37.3 Å². The maximum absolute atomic E-state index is 12.9. The summed E-state index contributed by atoms with van der Waals surface area (Å²) in [6.07, 6.45) is 4.99. The number of hydrogen-bond acceptors (Lipinski definition) is 3. The van der Waals surface area contributed by atoms with E-state index in [1.54, 1.807) is 12.3 Å². The molecule has 0 saturated carbocycles. The van der Waals surface area contributed by atoms with Gasteiger partial charge in [0.05, 0.1) is 23.2 Å². The Morgan fingerprint density at radius 1 is 0.923 bits per heavy atom. The van der Waals surface area contributed by atoms with Crippen LogP contribution in [0.1, 0.15) is 22.3 Å². The van der Waals surface area contributed by atoms with Gasteiger partial charge in [-0.05, 0) is 36.6 Å². The Morgan fingerprint density at radius 3 is 2.46 bits per heavy atom. The van der Waals surface area contributed by atoms with Crippen LogP contribution in [0, 0.1) is 0 Å². The number of benzene rings is 2. The van der Waals surface area contributed by atoms with Crippen molar-refractivity contribution in [3.63, 3.8) is 0 Å². The topological polar surface area (TPSA) is 36.7 Å². The van der Waals surface area contributed by atoms with Gasteiger partial charge in [-0.2, -0.15) is 0 Å². The second-order valence-electron chi connectivity index (χ2n) is 6.53. The minimum absolute atomic E-state index is 0.00360. The predicted molar refractivity (Wildman–Crippen MR) is 104 cm³/mol. The Kier molecular flexibility index (Phi) is 4.73. The summed E-state index contributed by atoms with van der Waals surface area (Å²) in [6.45, 7) is 2.59. The highest BCUT2D eigenvalue weighted by atomic mass is 16.3. The van der Waals surface area contributed by atoms with Crippen molar-refractivity contribution < 1.29 is 9.21 Å². The molecule has 0 saturated heterocycles. The number of nitrogens with zero attached hydrogens (tertiary/aromatic N) is 2. The van der Waals surface area contributed by atoms with E-state index in [2.05, 4.69) is 35.2 Å². The van der Waals surface area contributed by atoms with E-state index in [1.807, 2.05) is 29.2 Å². The number of para-hydroxylation sites is 2. The first kappa shape index (κ1) is 16.5. The van der Waals surface area contributed by atoms with E-state index in [1.165, 1.54) is 11.8 Å². The summed E-state index contributed by atoms with van der Waals surface area (Å²) in [5.41, 5.74) is 4.03. The third-order valence-corrected chi connectivity index (χ3v) is 4.85. The van der Waals surface area contributed by atoms with Crippen molar-refractivity contribution >= 4 is 17.3 Å². The fourth-order valence-electron chi connectivity index (χ4n) is 3.51. The van der Waals surface area contributed by atoms with Gasteiger partial charge >= 0.3 is 0 Å². The first-order chi connectivity index (χ1) is 12.8. The lowest BCUT2D eigenvalue weighted by atomic mass is 10.1.